The molecule has 128 valence electrons. The lowest BCUT2D eigenvalue weighted by atomic mass is 10.1. The Morgan fingerprint density at radius 2 is 2.12 bits per heavy atom. The molecule has 0 spiro atoms. The van der Waals surface area contributed by atoms with Gasteiger partial charge in [0.25, 0.3) is 0 Å². The van der Waals surface area contributed by atoms with Gasteiger partial charge < -0.3 is 5.11 Å². The smallest absolute Gasteiger partial charge is 0.322 e. The average Bonchev–Trinajstić information content (AvgIpc) is 3.01. The Bertz CT molecular complexity index is 864. The summed E-state index contributed by atoms with van der Waals surface area (Å²) in [6.07, 6.45) is 1.67. The van der Waals surface area contributed by atoms with Crippen LogP contribution in [0.4, 0.5) is 0 Å². The Morgan fingerprint density at radius 3 is 2.79 bits per heavy atom. The predicted octanol–water partition coefficient (Wildman–Crippen LogP) is 0.505. The SMILES string of the molecule is Cn1nnnc1-c1cccc(S(=O)(=O)N2CCCCC2C(=O)O)c1. The van der Waals surface area contributed by atoms with E-state index in [1.807, 2.05) is 0 Å². The second-order valence-electron chi connectivity index (χ2n) is 5.62. The van der Waals surface area contributed by atoms with E-state index in [2.05, 4.69) is 15.5 Å². The minimum absolute atomic E-state index is 0.0381. The molecule has 0 bridgehead atoms. The van der Waals surface area contributed by atoms with Crippen molar-refractivity contribution in [3.63, 3.8) is 0 Å². The van der Waals surface area contributed by atoms with Crippen LogP contribution in [0.2, 0.25) is 0 Å². The van der Waals surface area contributed by atoms with Crippen molar-refractivity contribution >= 4 is 16.0 Å². The van der Waals surface area contributed by atoms with Crippen LogP contribution in [0.15, 0.2) is 29.2 Å². The number of tetrazole rings is 1. The normalized spacial score (nSPS) is 19.3. The number of rotatable bonds is 4. The molecule has 0 amide bonds. The van der Waals surface area contributed by atoms with Gasteiger partial charge >= 0.3 is 5.97 Å². The first-order valence-electron chi connectivity index (χ1n) is 7.48. The molecular formula is C14H17N5O4S. The average molecular weight is 351 g/mol. The second-order valence-corrected chi connectivity index (χ2v) is 7.51. The number of benzene rings is 1. The number of aromatic nitrogens is 4. The molecule has 9 nitrogen and oxygen atoms in total. The summed E-state index contributed by atoms with van der Waals surface area (Å²) in [5.41, 5.74) is 0.549. The topological polar surface area (TPSA) is 118 Å². The lowest BCUT2D eigenvalue weighted by Crippen LogP contribution is -2.47. The van der Waals surface area contributed by atoms with E-state index < -0.39 is 22.0 Å². The Balaban J connectivity index is 2.01. The van der Waals surface area contributed by atoms with Gasteiger partial charge in [0.05, 0.1) is 4.90 Å². The highest BCUT2D eigenvalue weighted by Gasteiger charge is 2.37. The van der Waals surface area contributed by atoms with Crippen LogP contribution in [0, 0.1) is 0 Å². The van der Waals surface area contributed by atoms with Crippen LogP contribution in [0.25, 0.3) is 11.4 Å². The number of aryl methyl sites for hydroxylation is 1. The van der Waals surface area contributed by atoms with Crippen LogP contribution in [0.1, 0.15) is 19.3 Å². The third kappa shape index (κ3) is 2.89. The molecule has 2 aromatic rings. The van der Waals surface area contributed by atoms with Gasteiger partial charge in [0.2, 0.25) is 10.0 Å². The van der Waals surface area contributed by atoms with Crippen LogP contribution < -0.4 is 0 Å². The monoisotopic (exact) mass is 351 g/mol. The molecule has 2 heterocycles. The molecule has 10 heteroatoms. The van der Waals surface area contributed by atoms with E-state index >= 15 is 0 Å². The van der Waals surface area contributed by atoms with Gasteiger partial charge in [-0.05, 0) is 41.8 Å². The fourth-order valence-corrected chi connectivity index (χ4v) is 4.54. The third-order valence-electron chi connectivity index (χ3n) is 4.06. The van der Waals surface area contributed by atoms with Crippen LogP contribution in [0.3, 0.4) is 0 Å². The molecule has 1 saturated heterocycles. The molecule has 1 aromatic heterocycles. The van der Waals surface area contributed by atoms with Crippen molar-refractivity contribution < 1.29 is 18.3 Å². The standard InChI is InChI=1S/C14H17N5O4S/c1-18-13(15-16-17-18)10-5-4-6-11(9-10)24(22,23)19-8-3-2-7-12(19)14(20)21/h4-6,9,12H,2-3,7-8H2,1H3,(H,20,21). The summed E-state index contributed by atoms with van der Waals surface area (Å²) in [6, 6.07) is 5.19. The maximum Gasteiger partial charge on any atom is 0.322 e. The summed E-state index contributed by atoms with van der Waals surface area (Å²) in [5, 5.41) is 20.5. The Morgan fingerprint density at radius 1 is 1.33 bits per heavy atom. The highest BCUT2D eigenvalue weighted by molar-refractivity contribution is 7.89. The van der Waals surface area contributed by atoms with Crippen molar-refractivity contribution in [2.75, 3.05) is 6.54 Å². The van der Waals surface area contributed by atoms with Gasteiger partial charge in [0, 0.05) is 19.2 Å². The second kappa shape index (κ2) is 6.29. The molecule has 1 aliphatic heterocycles. The molecular weight excluding hydrogens is 334 g/mol. The quantitative estimate of drug-likeness (QED) is 0.852. The fraction of sp³-hybridized carbons (Fsp3) is 0.429. The summed E-state index contributed by atoms with van der Waals surface area (Å²) in [4.78, 5) is 11.4. The van der Waals surface area contributed by atoms with Crippen LogP contribution in [-0.2, 0) is 21.9 Å². The highest BCUT2D eigenvalue weighted by Crippen LogP contribution is 2.27. The zero-order valence-corrected chi connectivity index (χ0v) is 13.8. The largest absolute Gasteiger partial charge is 0.480 e. The lowest BCUT2D eigenvalue weighted by molar-refractivity contribution is -0.142. The summed E-state index contributed by atoms with van der Waals surface area (Å²) in [7, 11) is -2.25. The van der Waals surface area contributed by atoms with E-state index in [9.17, 15) is 18.3 Å². The number of carboxylic acids is 1. The lowest BCUT2D eigenvalue weighted by Gasteiger charge is -2.31. The zero-order chi connectivity index (χ0) is 17.3. The fourth-order valence-electron chi connectivity index (χ4n) is 2.84. The van der Waals surface area contributed by atoms with Gasteiger partial charge in [0.15, 0.2) is 5.82 Å². The van der Waals surface area contributed by atoms with E-state index in [1.54, 1.807) is 19.2 Å². The minimum Gasteiger partial charge on any atom is -0.480 e. The van der Waals surface area contributed by atoms with Crippen molar-refractivity contribution in [2.24, 2.45) is 7.05 Å². The van der Waals surface area contributed by atoms with Crippen molar-refractivity contribution in [2.45, 2.75) is 30.2 Å². The number of nitrogens with zero attached hydrogens (tertiary/aromatic N) is 5. The van der Waals surface area contributed by atoms with Gasteiger partial charge in [0.1, 0.15) is 6.04 Å². The van der Waals surface area contributed by atoms with Crippen LogP contribution in [-0.4, -0.2) is 56.6 Å². The van der Waals surface area contributed by atoms with E-state index in [0.29, 0.717) is 30.7 Å². The molecule has 3 rings (SSSR count). The molecule has 24 heavy (non-hydrogen) atoms. The van der Waals surface area contributed by atoms with Gasteiger partial charge in [-0.3, -0.25) is 4.79 Å². The molecule has 1 unspecified atom stereocenters. The van der Waals surface area contributed by atoms with Crippen molar-refractivity contribution in [1.82, 2.24) is 24.5 Å². The van der Waals surface area contributed by atoms with Gasteiger partial charge in [-0.25, -0.2) is 13.1 Å². The number of piperidine rings is 1. The number of hydrogen-bond donors (Lipinski definition) is 1. The summed E-state index contributed by atoms with van der Waals surface area (Å²) in [5.74, 6) is -0.688. The molecule has 1 N–H and O–H groups in total. The van der Waals surface area contributed by atoms with Gasteiger partial charge in [-0.15, -0.1) is 5.10 Å². The van der Waals surface area contributed by atoms with E-state index in [4.69, 9.17) is 0 Å². The molecule has 1 fully saturated rings. The number of carbonyl (C=O) groups is 1. The molecule has 1 aromatic carbocycles. The molecule has 0 saturated carbocycles. The van der Waals surface area contributed by atoms with Crippen LogP contribution >= 0.6 is 0 Å². The minimum atomic E-state index is -3.91. The number of carboxylic acid groups (broad SMARTS) is 1. The van der Waals surface area contributed by atoms with Crippen molar-refractivity contribution in [1.29, 1.82) is 0 Å². The van der Waals surface area contributed by atoms with E-state index in [1.165, 1.54) is 16.8 Å². The van der Waals surface area contributed by atoms with E-state index in [-0.39, 0.29) is 11.4 Å². The molecule has 1 atom stereocenters. The first kappa shape index (κ1) is 16.5. The number of sulfonamides is 1. The highest BCUT2D eigenvalue weighted by atomic mass is 32.2. The zero-order valence-electron chi connectivity index (χ0n) is 13.0. The first-order chi connectivity index (χ1) is 11.4. The van der Waals surface area contributed by atoms with Gasteiger partial charge in [-0.2, -0.15) is 4.31 Å². The van der Waals surface area contributed by atoms with Gasteiger partial charge in [-0.1, -0.05) is 12.1 Å². The predicted molar refractivity (Wildman–Crippen MR) is 83.4 cm³/mol. The Labute approximate surface area is 138 Å². The molecule has 0 aliphatic carbocycles. The maximum absolute atomic E-state index is 12.9. The molecule has 0 radical (unpaired) electrons. The maximum atomic E-state index is 12.9. The summed E-state index contributed by atoms with van der Waals surface area (Å²) in [6.45, 7) is 0.203. The van der Waals surface area contributed by atoms with Crippen molar-refractivity contribution in [3.8, 4) is 11.4 Å². The number of aliphatic carboxylic acids is 1. The van der Waals surface area contributed by atoms with Crippen molar-refractivity contribution in [3.05, 3.63) is 24.3 Å². The molecule has 1 aliphatic rings. The number of hydrogen-bond acceptors (Lipinski definition) is 6. The Hall–Kier alpha value is -2.33. The third-order valence-corrected chi connectivity index (χ3v) is 5.96. The summed E-state index contributed by atoms with van der Waals surface area (Å²) < 4.78 is 28.3. The van der Waals surface area contributed by atoms with E-state index in [0.717, 1.165) is 4.31 Å². The summed E-state index contributed by atoms with van der Waals surface area (Å²) >= 11 is 0. The van der Waals surface area contributed by atoms with Crippen LogP contribution in [0.5, 0.6) is 0 Å². The first-order valence-corrected chi connectivity index (χ1v) is 8.92. The Kier molecular flexibility index (Phi) is 4.33.